The van der Waals surface area contributed by atoms with Crippen molar-refractivity contribution in [2.75, 3.05) is 0 Å². The molecule has 2 aromatic carbocycles. The molecule has 1 aliphatic carbocycles. The number of aliphatic carboxylic acids is 1. The maximum atomic E-state index is 12.2. The summed E-state index contributed by atoms with van der Waals surface area (Å²) in [6, 6.07) is 13.9. The number of carbonyl (C=O) groups excluding carboxylic acids is 1. The molecule has 2 aromatic rings. The molecule has 1 aliphatic rings. The molecular weight excluding hydrogens is 460 g/mol. The van der Waals surface area contributed by atoms with Crippen LogP contribution in [0.25, 0.3) is 6.08 Å². The molecule has 7 heteroatoms. The molecule has 31 heavy (non-hydrogen) atoms. The molecule has 2 N–H and O–H groups in total. The average Bonchev–Trinajstić information content (AvgIpc) is 3.28. The van der Waals surface area contributed by atoms with Gasteiger partial charge in [0.2, 0.25) is 5.91 Å². The Bertz CT molecular complexity index is 1020. The summed E-state index contributed by atoms with van der Waals surface area (Å²) >= 11 is 3.37. The Kier molecular flexibility index (Phi) is 7.85. The van der Waals surface area contributed by atoms with Crippen LogP contribution in [0.15, 0.2) is 52.6 Å². The lowest BCUT2D eigenvalue weighted by Crippen LogP contribution is -2.27. The average molecular weight is 483 g/mol. The minimum atomic E-state index is -1.18. The first kappa shape index (κ1) is 22.6. The van der Waals surface area contributed by atoms with E-state index in [2.05, 4.69) is 27.3 Å². The molecule has 0 bridgehead atoms. The third-order valence-corrected chi connectivity index (χ3v) is 5.86. The fourth-order valence-electron chi connectivity index (χ4n) is 3.58. The summed E-state index contributed by atoms with van der Waals surface area (Å²) in [7, 11) is 0. The van der Waals surface area contributed by atoms with Crippen molar-refractivity contribution in [2.24, 2.45) is 5.92 Å². The van der Waals surface area contributed by atoms with E-state index in [9.17, 15) is 14.7 Å². The zero-order chi connectivity index (χ0) is 22.2. The molecule has 0 spiro atoms. The second-order valence-electron chi connectivity index (χ2n) is 7.53. The minimum absolute atomic E-state index is 0.153. The summed E-state index contributed by atoms with van der Waals surface area (Å²) in [5.41, 5.74) is 0.992. The van der Waals surface area contributed by atoms with Crippen LogP contribution >= 0.6 is 15.9 Å². The van der Waals surface area contributed by atoms with Crippen LogP contribution in [0.4, 0.5) is 0 Å². The van der Waals surface area contributed by atoms with E-state index in [-0.39, 0.29) is 11.6 Å². The van der Waals surface area contributed by atoms with E-state index in [1.54, 1.807) is 42.5 Å². The third-order valence-electron chi connectivity index (χ3n) is 5.24. The number of halogens is 1. The Hall–Kier alpha value is -3.11. The van der Waals surface area contributed by atoms with E-state index in [4.69, 9.17) is 10.00 Å². The zero-order valence-electron chi connectivity index (χ0n) is 16.9. The maximum Gasteiger partial charge on any atom is 0.352 e. The van der Waals surface area contributed by atoms with Crippen molar-refractivity contribution >= 4 is 33.9 Å². The molecule has 3 rings (SSSR count). The first-order valence-electron chi connectivity index (χ1n) is 10.2. The van der Waals surface area contributed by atoms with Gasteiger partial charge in [-0.15, -0.1) is 0 Å². The van der Waals surface area contributed by atoms with Crippen LogP contribution in [0.2, 0.25) is 0 Å². The van der Waals surface area contributed by atoms with Gasteiger partial charge < -0.3 is 15.2 Å². The predicted octanol–water partition coefficient (Wildman–Crippen LogP) is 5.63. The SMILES string of the molecule is N#Cc1ccc(Oc2ccc(/C=C(\NC(=O)CCC3CCCC3)C(=O)O)cc2)c(Br)c1. The summed E-state index contributed by atoms with van der Waals surface area (Å²) in [6.07, 6.45) is 7.31. The molecule has 0 unspecified atom stereocenters. The van der Waals surface area contributed by atoms with E-state index < -0.39 is 5.97 Å². The number of amides is 1. The highest BCUT2D eigenvalue weighted by molar-refractivity contribution is 9.10. The van der Waals surface area contributed by atoms with Crippen LogP contribution in [-0.4, -0.2) is 17.0 Å². The number of nitrogens with one attached hydrogen (secondary N) is 1. The number of ether oxygens (including phenoxy) is 1. The maximum absolute atomic E-state index is 12.2. The van der Waals surface area contributed by atoms with Gasteiger partial charge in [0.05, 0.1) is 16.1 Å². The van der Waals surface area contributed by atoms with Gasteiger partial charge in [-0.05, 0) is 70.2 Å². The summed E-state index contributed by atoms with van der Waals surface area (Å²) < 4.78 is 6.45. The van der Waals surface area contributed by atoms with Gasteiger partial charge in [0.25, 0.3) is 0 Å². The quantitative estimate of drug-likeness (QED) is 0.475. The minimum Gasteiger partial charge on any atom is -0.477 e. The Balaban J connectivity index is 1.62. The van der Waals surface area contributed by atoms with Crippen LogP contribution in [0.3, 0.4) is 0 Å². The van der Waals surface area contributed by atoms with Gasteiger partial charge in [-0.3, -0.25) is 4.79 Å². The van der Waals surface area contributed by atoms with E-state index in [0.717, 1.165) is 19.3 Å². The van der Waals surface area contributed by atoms with Crippen molar-refractivity contribution in [1.29, 1.82) is 5.26 Å². The molecular formula is C24H23BrN2O4. The van der Waals surface area contributed by atoms with Crippen molar-refractivity contribution in [3.05, 3.63) is 63.8 Å². The molecule has 0 radical (unpaired) electrons. The fraction of sp³-hybridized carbons (Fsp3) is 0.292. The lowest BCUT2D eigenvalue weighted by Gasteiger charge is -2.10. The molecule has 1 fully saturated rings. The second-order valence-corrected chi connectivity index (χ2v) is 8.38. The van der Waals surface area contributed by atoms with Gasteiger partial charge in [0, 0.05) is 6.42 Å². The van der Waals surface area contributed by atoms with Crippen LogP contribution < -0.4 is 10.1 Å². The number of carboxylic acid groups (broad SMARTS) is 1. The predicted molar refractivity (Wildman–Crippen MR) is 120 cm³/mol. The molecule has 0 heterocycles. The van der Waals surface area contributed by atoms with E-state index in [1.165, 1.54) is 18.9 Å². The second kappa shape index (κ2) is 10.8. The van der Waals surface area contributed by atoms with E-state index in [1.807, 2.05) is 0 Å². The summed E-state index contributed by atoms with van der Waals surface area (Å²) in [5.74, 6) is 0.233. The summed E-state index contributed by atoms with van der Waals surface area (Å²) in [6.45, 7) is 0. The van der Waals surface area contributed by atoms with Crippen molar-refractivity contribution in [3.8, 4) is 17.6 Å². The highest BCUT2D eigenvalue weighted by Crippen LogP contribution is 2.31. The molecule has 160 valence electrons. The number of benzene rings is 2. The molecule has 0 atom stereocenters. The Morgan fingerprint density at radius 3 is 2.52 bits per heavy atom. The number of rotatable bonds is 8. The fourth-order valence-corrected chi connectivity index (χ4v) is 4.04. The molecule has 0 aliphatic heterocycles. The highest BCUT2D eigenvalue weighted by Gasteiger charge is 2.17. The van der Waals surface area contributed by atoms with E-state index in [0.29, 0.717) is 39.4 Å². The first-order valence-corrected chi connectivity index (χ1v) is 11.0. The van der Waals surface area contributed by atoms with Gasteiger partial charge in [-0.1, -0.05) is 37.8 Å². The first-order chi connectivity index (χ1) is 14.9. The third kappa shape index (κ3) is 6.69. The summed E-state index contributed by atoms with van der Waals surface area (Å²) in [5, 5.41) is 20.9. The molecule has 1 amide bonds. The molecule has 6 nitrogen and oxygen atoms in total. The van der Waals surface area contributed by atoms with Crippen LogP contribution in [0, 0.1) is 17.2 Å². The number of carbonyl (C=O) groups is 2. The van der Waals surface area contributed by atoms with Crippen LogP contribution in [0.1, 0.15) is 49.7 Å². The Labute approximate surface area is 189 Å². The lowest BCUT2D eigenvalue weighted by molar-refractivity contribution is -0.134. The number of nitrogens with zero attached hydrogens (tertiary/aromatic N) is 1. The van der Waals surface area contributed by atoms with Crippen molar-refractivity contribution < 1.29 is 19.4 Å². The number of hydrogen-bond acceptors (Lipinski definition) is 4. The van der Waals surface area contributed by atoms with Gasteiger partial charge in [-0.2, -0.15) is 5.26 Å². The molecule has 0 aromatic heterocycles. The highest BCUT2D eigenvalue weighted by atomic mass is 79.9. The van der Waals surface area contributed by atoms with Gasteiger partial charge >= 0.3 is 5.97 Å². The van der Waals surface area contributed by atoms with Crippen molar-refractivity contribution in [1.82, 2.24) is 5.32 Å². The standard InChI is InChI=1S/C24H23BrN2O4/c25-20-13-18(15-26)7-11-22(20)31-19-9-5-17(6-10-19)14-21(24(29)30)27-23(28)12-8-16-3-1-2-4-16/h5-7,9-11,13-14,16H,1-4,8,12H2,(H,27,28)(H,29,30)/b21-14-. The zero-order valence-corrected chi connectivity index (χ0v) is 18.5. The number of hydrogen-bond donors (Lipinski definition) is 2. The van der Waals surface area contributed by atoms with Crippen LogP contribution in [-0.2, 0) is 9.59 Å². The van der Waals surface area contributed by atoms with E-state index >= 15 is 0 Å². The normalized spacial score (nSPS) is 14.1. The summed E-state index contributed by atoms with van der Waals surface area (Å²) in [4.78, 5) is 23.7. The largest absolute Gasteiger partial charge is 0.477 e. The van der Waals surface area contributed by atoms with Crippen molar-refractivity contribution in [3.63, 3.8) is 0 Å². The molecule has 1 saturated carbocycles. The Morgan fingerprint density at radius 1 is 1.19 bits per heavy atom. The lowest BCUT2D eigenvalue weighted by atomic mass is 10.0. The van der Waals surface area contributed by atoms with Crippen molar-refractivity contribution in [2.45, 2.75) is 38.5 Å². The monoisotopic (exact) mass is 482 g/mol. The van der Waals surface area contributed by atoms with Crippen LogP contribution in [0.5, 0.6) is 11.5 Å². The number of nitriles is 1. The smallest absolute Gasteiger partial charge is 0.352 e. The van der Waals surface area contributed by atoms with Gasteiger partial charge in [0.1, 0.15) is 17.2 Å². The Morgan fingerprint density at radius 2 is 1.90 bits per heavy atom. The van der Waals surface area contributed by atoms with Gasteiger partial charge in [-0.25, -0.2) is 4.79 Å². The number of carboxylic acids is 1. The molecule has 0 saturated heterocycles. The van der Waals surface area contributed by atoms with Gasteiger partial charge in [0.15, 0.2) is 0 Å². The topological polar surface area (TPSA) is 99.4 Å².